The van der Waals surface area contributed by atoms with E-state index in [1.165, 1.54) is 19.1 Å². The molecule has 2 fully saturated rings. The minimum absolute atomic E-state index is 0.157. The number of fused-ring (bicyclic) bond motifs is 2. The molecule has 130 valence electrons. The molecule has 0 spiro atoms. The van der Waals surface area contributed by atoms with Gasteiger partial charge in [-0.2, -0.15) is 0 Å². The summed E-state index contributed by atoms with van der Waals surface area (Å²) in [6, 6.07) is 0. The Morgan fingerprint density at radius 2 is 2.04 bits per heavy atom. The van der Waals surface area contributed by atoms with Crippen molar-refractivity contribution in [3.63, 3.8) is 0 Å². The van der Waals surface area contributed by atoms with E-state index >= 15 is 0 Å². The SMILES string of the molecule is C=C1C(=O)O[C@@H]2C[C@H]3[C@@](C)(O)C=C[C@@]3(O)C(=C)C[C@H](OC(C)=O)[C@@H]12. The number of carbonyl (C=O) groups excluding carboxylic acids is 2. The number of aliphatic hydroxyl groups is 2. The van der Waals surface area contributed by atoms with Crippen LogP contribution in [0.2, 0.25) is 0 Å². The molecule has 1 aliphatic heterocycles. The zero-order chi connectivity index (χ0) is 17.9. The van der Waals surface area contributed by atoms with Gasteiger partial charge >= 0.3 is 11.9 Å². The lowest BCUT2D eigenvalue weighted by molar-refractivity contribution is -0.153. The Labute approximate surface area is 140 Å². The van der Waals surface area contributed by atoms with Gasteiger partial charge in [-0.3, -0.25) is 4.79 Å². The highest BCUT2D eigenvalue weighted by Crippen LogP contribution is 2.50. The molecule has 0 unspecified atom stereocenters. The Kier molecular flexibility index (Phi) is 3.73. The number of rotatable bonds is 1. The molecule has 1 heterocycles. The average molecular weight is 334 g/mol. The molecule has 3 aliphatic rings. The van der Waals surface area contributed by atoms with Crippen molar-refractivity contribution in [2.75, 3.05) is 0 Å². The molecule has 6 atom stereocenters. The zero-order valence-corrected chi connectivity index (χ0v) is 13.8. The first-order chi connectivity index (χ1) is 11.1. The van der Waals surface area contributed by atoms with Crippen LogP contribution in [0.1, 0.15) is 26.7 Å². The maximum absolute atomic E-state index is 12.0. The Morgan fingerprint density at radius 1 is 1.38 bits per heavy atom. The van der Waals surface area contributed by atoms with Gasteiger partial charge in [0.05, 0.1) is 11.5 Å². The summed E-state index contributed by atoms with van der Waals surface area (Å²) < 4.78 is 10.8. The van der Waals surface area contributed by atoms with Gasteiger partial charge in [-0.05, 0) is 25.0 Å². The fraction of sp³-hybridized carbons (Fsp3) is 0.556. The molecular formula is C18H22O6. The standard InChI is InChI=1S/C18H22O6/c1-9-7-12(23-11(3)19)15-10(2)16(20)24-13(15)8-14-17(4,21)5-6-18(9,14)22/h5-6,12-15,21-22H,1-2,7-8H2,3-4H3/t12-,13+,14-,15+,17-,18+/m0/s1. The van der Waals surface area contributed by atoms with E-state index in [1.54, 1.807) is 6.92 Å². The van der Waals surface area contributed by atoms with E-state index in [0.29, 0.717) is 5.57 Å². The molecule has 0 amide bonds. The second-order valence-corrected chi connectivity index (χ2v) is 7.12. The summed E-state index contributed by atoms with van der Waals surface area (Å²) in [7, 11) is 0. The highest BCUT2D eigenvalue weighted by Gasteiger charge is 2.57. The van der Waals surface area contributed by atoms with Gasteiger partial charge in [-0.1, -0.05) is 19.2 Å². The van der Waals surface area contributed by atoms with Gasteiger partial charge in [0.15, 0.2) is 0 Å². The van der Waals surface area contributed by atoms with Crippen molar-refractivity contribution in [3.05, 3.63) is 36.5 Å². The molecule has 2 N–H and O–H groups in total. The molecule has 2 aliphatic carbocycles. The minimum atomic E-state index is -1.44. The van der Waals surface area contributed by atoms with Crippen LogP contribution < -0.4 is 0 Å². The zero-order valence-electron chi connectivity index (χ0n) is 13.8. The third-order valence-corrected chi connectivity index (χ3v) is 5.43. The number of hydrogen-bond acceptors (Lipinski definition) is 6. The molecular weight excluding hydrogens is 312 g/mol. The van der Waals surface area contributed by atoms with Crippen LogP contribution in [0.25, 0.3) is 0 Å². The lowest BCUT2D eigenvalue weighted by atomic mass is 9.68. The van der Waals surface area contributed by atoms with Crippen LogP contribution in [0.5, 0.6) is 0 Å². The van der Waals surface area contributed by atoms with E-state index in [-0.39, 0.29) is 18.4 Å². The number of esters is 2. The maximum Gasteiger partial charge on any atom is 0.334 e. The number of ether oxygens (including phenoxy) is 2. The number of carbonyl (C=O) groups is 2. The second kappa shape index (κ2) is 5.29. The largest absolute Gasteiger partial charge is 0.461 e. The van der Waals surface area contributed by atoms with Crippen molar-refractivity contribution in [1.29, 1.82) is 0 Å². The van der Waals surface area contributed by atoms with Crippen molar-refractivity contribution in [3.8, 4) is 0 Å². The maximum atomic E-state index is 12.0. The first kappa shape index (κ1) is 16.9. The van der Waals surface area contributed by atoms with Crippen LogP contribution in [0.15, 0.2) is 36.5 Å². The first-order valence-electron chi connectivity index (χ1n) is 7.96. The first-order valence-corrected chi connectivity index (χ1v) is 7.96. The van der Waals surface area contributed by atoms with E-state index in [2.05, 4.69) is 13.2 Å². The van der Waals surface area contributed by atoms with Gasteiger partial charge in [0.25, 0.3) is 0 Å². The van der Waals surface area contributed by atoms with Crippen molar-refractivity contribution in [2.45, 2.75) is 50.1 Å². The van der Waals surface area contributed by atoms with Crippen LogP contribution in [0.3, 0.4) is 0 Å². The lowest BCUT2D eigenvalue weighted by Crippen LogP contribution is -2.50. The normalized spacial score (nSPS) is 44.4. The van der Waals surface area contributed by atoms with E-state index in [4.69, 9.17) is 9.47 Å². The minimum Gasteiger partial charge on any atom is -0.461 e. The van der Waals surface area contributed by atoms with E-state index in [0.717, 1.165) is 0 Å². The molecule has 0 aromatic heterocycles. The summed E-state index contributed by atoms with van der Waals surface area (Å²) in [5.41, 5.74) is -2.02. The third-order valence-electron chi connectivity index (χ3n) is 5.43. The van der Waals surface area contributed by atoms with E-state index in [9.17, 15) is 19.8 Å². The van der Waals surface area contributed by atoms with Gasteiger partial charge in [-0.25, -0.2) is 4.79 Å². The second-order valence-electron chi connectivity index (χ2n) is 7.12. The van der Waals surface area contributed by atoms with Gasteiger partial charge in [-0.15, -0.1) is 0 Å². The average Bonchev–Trinajstić information content (AvgIpc) is 2.86. The quantitative estimate of drug-likeness (QED) is 0.423. The summed E-state index contributed by atoms with van der Waals surface area (Å²) >= 11 is 0. The lowest BCUT2D eigenvalue weighted by Gasteiger charge is -2.42. The monoisotopic (exact) mass is 334 g/mol. The molecule has 0 aromatic rings. The van der Waals surface area contributed by atoms with E-state index in [1.807, 2.05) is 0 Å². The smallest absolute Gasteiger partial charge is 0.334 e. The van der Waals surface area contributed by atoms with Crippen LogP contribution in [-0.2, 0) is 19.1 Å². The Morgan fingerprint density at radius 3 is 2.67 bits per heavy atom. The third kappa shape index (κ3) is 2.41. The molecule has 0 aromatic carbocycles. The van der Waals surface area contributed by atoms with Crippen LogP contribution >= 0.6 is 0 Å². The van der Waals surface area contributed by atoms with Crippen molar-refractivity contribution >= 4 is 11.9 Å². The Balaban J connectivity index is 2.03. The summed E-state index contributed by atoms with van der Waals surface area (Å²) in [6.07, 6.45) is 2.12. The van der Waals surface area contributed by atoms with Crippen molar-refractivity contribution in [2.24, 2.45) is 11.8 Å². The number of hydrogen-bond donors (Lipinski definition) is 2. The molecule has 1 saturated heterocycles. The summed E-state index contributed by atoms with van der Waals surface area (Å²) in [4.78, 5) is 23.5. The molecule has 6 nitrogen and oxygen atoms in total. The Hall–Kier alpha value is -1.92. The van der Waals surface area contributed by atoms with Crippen LogP contribution in [-0.4, -0.2) is 45.6 Å². The summed E-state index contributed by atoms with van der Waals surface area (Å²) in [5, 5.41) is 21.7. The van der Waals surface area contributed by atoms with Crippen molar-refractivity contribution < 1.29 is 29.3 Å². The van der Waals surface area contributed by atoms with E-state index < -0.39 is 47.2 Å². The molecule has 1 saturated carbocycles. The highest BCUT2D eigenvalue weighted by molar-refractivity contribution is 5.91. The van der Waals surface area contributed by atoms with Gasteiger partial charge in [0, 0.05) is 24.8 Å². The van der Waals surface area contributed by atoms with Crippen molar-refractivity contribution in [1.82, 2.24) is 0 Å². The fourth-order valence-electron chi connectivity index (χ4n) is 4.16. The predicted molar refractivity (Wildman–Crippen MR) is 84.6 cm³/mol. The molecule has 3 rings (SSSR count). The molecule has 0 radical (unpaired) electrons. The summed E-state index contributed by atoms with van der Waals surface area (Å²) in [6.45, 7) is 10.6. The summed E-state index contributed by atoms with van der Waals surface area (Å²) in [5.74, 6) is -2.15. The topological polar surface area (TPSA) is 93.1 Å². The molecule has 6 heteroatoms. The van der Waals surface area contributed by atoms with Gasteiger partial charge in [0.1, 0.15) is 17.8 Å². The molecule has 0 bridgehead atoms. The van der Waals surface area contributed by atoms with Crippen LogP contribution in [0, 0.1) is 11.8 Å². The fourth-order valence-corrected chi connectivity index (χ4v) is 4.16. The highest BCUT2D eigenvalue weighted by atomic mass is 16.6. The van der Waals surface area contributed by atoms with Crippen LogP contribution in [0.4, 0.5) is 0 Å². The van der Waals surface area contributed by atoms with Gasteiger partial charge in [0.2, 0.25) is 0 Å². The Bertz CT molecular complexity index is 660. The van der Waals surface area contributed by atoms with Gasteiger partial charge < -0.3 is 19.7 Å². The molecule has 24 heavy (non-hydrogen) atoms. The predicted octanol–water partition coefficient (Wildman–Crippen LogP) is 1.03.